The summed E-state index contributed by atoms with van der Waals surface area (Å²) in [6.45, 7) is 2.97. The van der Waals surface area contributed by atoms with Gasteiger partial charge < -0.3 is 4.74 Å². The van der Waals surface area contributed by atoms with Crippen LogP contribution in [0.1, 0.15) is 36.8 Å². The maximum absolute atomic E-state index is 11.6. The fraction of sp³-hybridized carbons (Fsp3) is 0.435. The highest BCUT2D eigenvalue weighted by Gasteiger charge is 2.41. The number of piperidine rings is 1. The first-order valence-corrected chi connectivity index (χ1v) is 13.4. The average molecular weight is 458 g/mol. The summed E-state index contributed by atoms with van der Waals surface area (Å²) in [7, 11) is -3.15. The maximum Gasteiger partial charge on any atom is 0.279 e. The van der Waals surface area contributed by atoms with Crippen molar-refractivity contribution in [1.29, 1.82) is 0 Å². The Bertz CT molecular complexity index is 1180. The van der Waals surface area contributed by atoms with Crippen LogP contribution in [0.25, 0.3) is 10.2 Å². The summed E-state index contributed by atoms with van der Waals surface area (Å²) < 4.78 is 33.1. The van der Waals surface area contributed by atoms with E-state index in [9.17, 15) is 8.42 Å². The van der Waals surface area contributed by atoms with E-state index in [4.69, 9.17) is 4.74 Å². The summed E-state index contributed by atoms with van der Waals surface area (Å²) in [5.41, 5.74) is 3.43. The number of thiazole rings is 1. The highest BCUT2D eigenvalue weighted by Crippen LogP contribution is 2.37. The SMILES string of the molecule is Cc1ccc2nc(Oc3ccc(CN4C5CCC4CC(NS(C)(=O)=O)C5)cc3)sc2c1. The first kappa shape index (κ1) is 20.9. The second kappa shape index (κ2) is 8.16. The van der Waals surface area contributed by atoms with E-state index >= 15 is 0 Å². The molecule has 2 unspecified atom stereocenters. The first-order valence-electron chi connectivity index (χ1n) is 10.7. The van der Waals surface area contributed by atoms with Crippen molar-refractivity contribution in [3.05, 3.63) is 53.6 Å². The van der Waals surface area contributed by atoms with Gasteiger partial charge in [0.05, 0.1) is 16.5 Å². The maximum atomic E-state index is 11.6. The molecule has 1 aromatic heterocycles. The first-order chi connectivity index (χ1) is 14.8. The number of hydrogen-bond donors (Lipinski definition) is 1. The summed E-state index contributed by atoms with van der Waals surface area (Å²) in [6.07, 6.45) is 5.32. The van der Waals surface area contributed by atoms with Gasteiger partial charge in [-0.15, -0.1) is 0 Å². The minimum atomic E-state index is -3.15. The van der Waals surface area contributed by atoms with Gasteiger partial charge in [0.25, 0.3) is 5.19 Å². The summed E-state index contributed by atoms with van der Waals surface area (Å²) >= 11 is 1.56. The Morgan fingerprint density at radius 2 is 1.84 bits per heavy atom. The summed E-state index contributed by atoms with van der Waals surface area (Å²) in [5, 5.41) is 0.659. The van der Waals surface area contributed by atoms with Gasteiger partial charge >= 0.3 is 0 Å². The third-order valence-corrected chi connectivity index (χ3v) is 7.94. The minimum absolute atomic E-state index is 0.0668. The van der Waals surface area contributed by atoms with E-state index in [0.717, 1.165) is 48.2 Å². The van der Waals surface area contributed by atoms with Gasteiger partial charge in [0.15, 0.2) is 0 Å². The van der Waals surface area contributed by atoms with Gasteiger partial charge in [-0.25, -0.2) is 18.1 Å². The number of aryl methyl sites for hydroxylation is 1. The zero-order valence-corrected chi connectivity index (χ0v) is 19.4. The molecular formula is C23H27N3O3S2. The number of aromatic nitrogens is 1. The lowest BCUT2D eigenvalue weighted by Crippen LogP contribution is -2.49. The molecular weight excluding hydrogens is 430 g/mol. The second-order valence-corrected chi connectivity index (χ2v) is 11.6. The van der Waals surface area contributed by atoms with Crippen molar-refractivity contribution in [2.45, 2.75) is 57.3 Å². The molecule has 2 bridgehead atoms. The Hall–Kier alpha value is -2.00. The van der Waals surface area contributed by atoms with E-state index in [1.807, 2.05) is 18.2 Å². The highest BCUT2D eigenvalue weighted by atomic mass is 32.2. The van der Waals surface area contributed by atoms with Gasteiger partial charge in [0.1, 0.15) is 5.75 Å². The standard InChI is InChI=1S/C23H27N3O3S2/c1-15-3-10-21-22(11-15)30-23(24-21)29-20-8-4-16(5-9-20)14-26-18-6-7-19(26)13-17(12-18)25-31(2,27)28/h3-5,8-11,17-19,25H,6-7,12-14H2,1-2H3. The van der Waals surface area contributed by atoms with E-state index in [0.29, 0.717) is 17.3 Å². The van der Waals surface area contributed by atoms with Gasteiger partial charge in [-0.1, -0.05) is 29.5 Å². The van der Waals surface area contributed by atoms with Gasteiger partial charge in [-0.3, -0.25) is 4.90 Å². The topological polar surface area (TPSA) is 71.5 Å². The quantitative estimate of drug-likeness (QED) is 0.592. The molecule has 3 heterocycles. The Kier molecular flexibility index (Phi) is 5.50. The summed E-state index contributed by atoms with van der Waals surface area (Å²) in [5.74, 6) is 0.790. The fourth-order valence-corrected chi connectivity index (χ4v) is 6.69. The molecule has 0 spiro atoms. The number of nitrogens with zero attached hydrogens (tertiary/aromatic N) is 2. The number of ether oxygens (including phenoxy) is 1. The van der Waals surface area contributed by atoms with Crippen molar-refractivity contribution in [1.82, 2.24) is 14.6 Å². The van der Waals surface area contributed by atoms with E-state index in [1.165, 1.54) is 17.4 Å². The van der Waals surface area contributed by atoms with Crippen LogP contribution in [0.2, 0.25) is 0 Å². The van der Waals surface area contributed by atoms with Crippen molar-refractivity contribution in [2.75, 3.05) is 6.26 Å². The van der Waals surface area contributed by atoms with E-state index < -0.39 is 10.0 Å². The summed E-state index contributed by atoms with van der Waals surface area (Å²) in [4.78, 5) is 7.11. The Balaban J connectivity index is 1.22. The number of fused-ring (bicyclic) bond motifs is 3. The predicted octanol–water partition coefficient (Wildman–Crippen LogP) is 4.44. The zero-order chi connectivity index (χ0) is 21.6. The molecule has 2 aromatic carbocycles. The molecule has 31 heavy (non-hydrogen) atoms. The fourth-order valence-electron chi connectivity index (χ4n) is 4.96. The Morgan fingerprint density at radius 1 is 1.13 bits per heavy atom. The highest BCUT2D eigenvalue weighted by molar-refractivity contribution is 7.88. The lowest BCUT2D eigenvalue weighted by atomic mass is 9.97. The molecule has 0 aliphatic carbocycles. The van der Waals surface area contributed by atoms with E-state index in [2.05, 4.69) is 45.8 Å². The van der Waals surface area contributed by atoms with Crippen LogP contribution in [-0.4, -0.2) is 42.7 Å². The molecule has 164 valence electrons. The molecule has 2 aliphatic heterocycles. The molecule has 2 saturated heterocycles. The number of benzene rings is 2. The molecule has 6 nitrogen and oxygen atoms in total. The third-order valence-electron chi connectivity index (χ3n) is 6.28. The molecule has 2 fully saturated rings. The van der Waals surface area contributed by atoms with Crippen LogP contribution in [0, 0.1) is 6.92 Å². The van der Waals surface area contributed by atoms with E-state index in [-0.39, 0.29) is 6.04 Å². The molecule has 2 aliphatic rings. The van der Waals surface area contributed by atoms with Crippen LogP contribution in [-0.2, 0) is 16.6 Å². The molecule has 2 atom stereocenters. The molecule has 5 rings (SSSR count). The third kappa shape index (κ3) is 4.77. The summed E-state index contributed by atoms with van der Waals surface area (Å²) in [6, 6.07) is 15.4. The second-order valence-electron chi connectivity index (χ2n) is 8.81. The number of sulfonamides is 1. The van der Waals surface area contributed by atoms with Gasteiger partial charge in [-0.2, -0.15) is 0 Å². The number of rotatable bonds is 6. The molecule has 0 amide bonds. The van der Waals surface area contributed by atoms with Gasteiger partial charge in [0, 0.05) is 24.7 Å². The molecule has 1 N–H and O–H groups in total. The lowest BCUT2D eigenvalue weighted by Gasteiger charge is -2.39. The van der Waals surface area contributed by atoms with Crippen molar-refractivity contribution >= 4 is 31.6 Å². The van der Waals surface area contributed by atoms with Crippen molar-refractivity contribution in [3.63, 3.8) is 0 Å². The van der Waals surface area contributed by atoms with Crippen LogP contribution in [0.3, 0.4) is 0 Å². The van der Waals surface area contributed by atoms with Crippen LogP contribution >= 0.6 is 11.3 Å². The van der Waals surface area contributed by atoms with Crippen molar-refractivity contribution in [3.8, 4) is 10.9 Å². The molecule has 3 aromatic rings. The Labute approximate surface area is 187 Å². The number of nitrogens with one attached hydrogen (secondary N) is 1. The normalized spacial score (nSPS) is 24.0. The average Bonchev–Trinajstić information content (AvgIpc) is 3.18. The Morgan fingerprint density at radius 3 is 2.52 bits per heavy atom. The zero-order valence-electron chi connectivity index (χ0n) is 17.7. The lowest BCUT2D eigenvalue weighted by molar-refractivity contribution is 0.116. The van der Waals surface area contributed by atoms with Crippen LogP contribution in [0.15, 0.2) is 42.5 Å². The van der Waals surface area contributed by atoms with Crippen LogP contribution in [0.4, 0.5) is 0 Å². The van der Waals surface area contributed by atoms with Gasteiger partial charge in [0.2, 0.25) is 10.0 Å². The largest absolute Gasteiger partial charge is 0.431 e. The van der Waals surface area contributed by atoms with Crippen molar-refractivity contribution < 1.29 is 13.2 Å². The minimum Gasteiger partial charge on any atom is -0.431 e. The monoisotopic (exact) mass is 457 g/mol. The number of hydrogen-bond acceptors (Lipinski definition) is 6. The van der Waals surface area contributed by atoms with Gasteiger partial charge in [-0.05, 0) is 68.0 Å². The van der Waals surface area contributed by atoms with Crippen LogP contribution < -0.4 is 9.46 Å². The molecule has 8 heteroatoms. The smallest absolute Gasteiger partial charge is 0.279 e. The molecule has 0 saturated carbocycles. The van der Waals surface area contributed by atoms with E-state index in [1.54, 1.807) is 11.3 Å². The van der Waals surface area contributed by atoms with Crippen molar-refractivity contribution in [2.24, 2.45) is 0 Å². The van der Waals surface area contributed by atoms with Crippen LogP contribution in [0.5, 0.6) is 10.9 Å². The molecule has 0 radical (unpaired) electrons. The predicted molar refractivity (Wildman–Crippen MR) is 124 cm³/mol.